The molecule has 0 atom stereocenters. The van der Waals surface area contributed by atoms with Gasteiger partial charge in [0, 0.05) is 25.6 Å². The Bertz CT molecular complexity index is 888. The molecule has 0 unspecified atom stereocenters. The summed E-state index contributed by atoms with van der Waals surface area (Å²) in [6.07, 6.45) is 7.85. The molecule has 1 saturated carbocycles. The minimum absolute atomic E-state index is 0.164. The van der Waals surface area contributed by atoms with E-state index >= 15 is 0 Å². The van der Waals surface area contributed by atoms with Crippen LogP contribution >= 0.6 is 0 Å². The van der Waals surface area contributed by atoms with Gasteiger partial charge in [0.05, 0.1) is 29.1 Å². The summed E-state index contributed by atoms with van der Waals surface area (Å²) < 4.78 is 23.3. The van der Waals surface area contributed by atoms with E-state index in [1.165, 1.54) is 6.20 Å². The number of amides is 2. The Morgan fingerprint density at radius 3 is 2.63 bits per heavy atom. The first kappa shape index (κ1) is 22.4. The number of nitrogens with zero attached hydrogens (tertiary/aromatic N) is 2. The van der Waals surface area contributed by atoms with E-state index in [-0.39, 0.29) is 35.6 Å². The average molecular weight is 439 g/mol. The maximum absolute atomic E-state index is 12.7. The number of aromatic nitrogens is 2. The van der Waals surface area contributed by atoms with Crippen molar-refractivity contribution in [3.05, 3.63) is 24.0 Å². The van der Waals surface area contributed by atoms with Crippen molar-refractivity contribution in [1.29, 1.82) is 0 Å². The number of nitrogens with two attached hydrogens (primary N) is 1. The summed E-state index contributed by atoms with van der Waals surface area (Å²) in [6.45, 7) is 2.94. The number of carbonyl (C=O) groups excluding carboxylic acids is 2. The molecule has 1 saturated heterocycles. The summed E-state index contributed by atoms with van der Waals surface area (Å²) in [5.74, 6) is -0.249. The monoisotopic (exact) mass is 438 g/mol. The fraction of sp³-hybridized carbons (Fsp3) is 0.632. The summed E-state index contributed by atoms with van der Waals surface area (Å²) in [7, 11) is -2.90. The fourth-order valence-corrected chi connectivity index (χ4v) is 5.20. The van der Waals surface area contributed by atoms with Gasteiger partial charge >= 0.3 is 0 Å². The smallest absolute Gasteiger partial charge is 0.272 e. The van der Waals surface area contributed by atoms with Crippen LogP contribution in [0.25, 0.3) is 0 Å². The second-order valence-corrected chi connectivity index (χ2v) is 10.3. The standard InChI is InChI=1S/C19H30N6O4S/c1-2-3-4-16(26)22-15-13-21-24-17(15)18(27)23-19(20)7-5-14(6-8-19)25-9-11-30(28,29)12-10-25/h2-3,13-14H,4-12,20H2,1H3,(H,21,24)(H,22,26)(H,23,27)/b3-2-. The number of hydrogen-bond donors (Lipinski definition) is 4. The largest absolute Gasteiger partial charge is 0.333 e. The molecule has 2 aliphatic rings. The lowest BCUT2D eigenvalue weighted by Gasteiger charge is -2.42. The highest BCUT2D eigenvalue weighted by atomic mass is 32.2. The van der Waals surface area contributed by atoms with Crippen molar-refractivity contribution in [2.75, 3.05) is 29.9 Å². The Morgan fingerprint density at radius 2 is 2.00 bits per heavy atom. The minimum atomic E-state index is -2.90. The van der Waals surface area contributed by atoms with Gasteiger partial charge in [-0.15, -0.1) is 0 Å². The first-order chi connectivity index (χ1) is 14.2. The van der Waals surface area contributed by atoms with Crippen LogP contribution in [0.15, 0.2) is 18.3 Å². The zero-order valence-corrected chi connectivity index (χ0v) is 18.0. The average Bonchev–Trinajstić information content (AvgIpc) is 3.15. The molecule has 0 aromatic carbocycles. The van der Waals surface area contributed by atoms with Crippen LogP contribution in [-0.2, 0) is 14.6 Å². The molecular weight excluding hydrogens is 408 g/mol. The molecule has 30 heavy (non-hydrogen) atoms. The highest BCUT2D eigenvalue weighted by Gasteiger charge is 2.37. The van der Waals surface area contributed by atoms with Crippen LogP contribution in [0.4, 0.5) is 5.69 Å². The van der Waals surface area contributed by atoms with E-state index in [1.54, 1.807) is 12.2 Å². The van der Waals surface area contributed by atoms with Gasteiger partial charge in [0.1, 0.15) is 5.69 Å². The number of nitrogens with one attached hydrogen (secondary N) is 3. The van der Waals surface area contributed by atoms with E-state index in [0.717, 1.165) is 12.8 Å². The Kier molecular flexibility index (Phi) is 6.94. The predicted molar refractivity (Wildman–Crippen MR) is 114 cm³/mol. The number of aromatic amines is 1. The van der Waals surface area contributed by atoms with Gasteiger partial charge in [-0.25, -0.2) is 8.42 Å². The van der Waals surface area contributed by atoms with Crippen molar-refractivity contribution in [2.45, 2.75) is 50.7 Å². The number of H-pyrrole nitrogens is 1. The van der Waals surface area contributed by atoms with E-state index in [1.807, 2.05) is 6.92 Å². The molecule has 1 aromatic rings. The zero-order valence-electron chi connectivity index (χ0n) is 17.2. The normalized spacial score (nSPS) is 27.1. The third-order valence-corrected chi connectivity index (χ3v) is 7.39. The number of anilines is 1. The quantitative estimate of drug-likeness (QED) is 0.370. The topological polar surface area (TPSA) is 150 Å². The van der Waals surface area contributed by atoms with E-state index in [0.29, 0.717) is 31.6 Å². The molecule has 2 heterocycles. The highest BCUT2D eigenvalue weighted by molar-refractivity contribution is 7.91. The molecule has 3 rings (SSSR count). The molecule has 2 amide bonds. The Morgan fingerprint density at radius 1 is 1.33 bits per heavy atom. The molecule has 2 fully saturated rings. The lowest BCUT2D eigenvalue weighted by molar-refractivity contribution is -0.115. The summed E-state index contributed by atoms with van der Waals surface area (Å²) in [5, 5.41) is 12.0. The van der Waals surface area contributed by atoms with E-state index in [4.69, 9.17) is 5.73 Å². The van der Waals surface area contributed by atoms with Crippen LogP contribution in [0, 0.1) is 0 Å². The molecule has 0 radical (unpaired) electrons. The lowest BCUT2D eigenvalue weighted by Crippen LogP contribution is -2.60. The molecule has 0 spiro atoms. The van der Waals surface area contributed by atoms with Crippen molar-refractivity contribution in [2.24, 2.45) is 5.73 Å². The molecule has 1 aliphatic heterocycles. The van der Waals surface area contributed by atoms with Crippen LogP contribution in [-0.4, -0.2) is 71.6 Å². The summed E-state index contributed by atoms with van der Waals surface area (Å²) >= 11 is 0. The first-order valence-electron chi connectivity index (χ1n) is 10.2. The van der Waals surface area contributed by atoms with Crippen LogP contribution < -0.4 is 16.4 Å². The highest BCUT2D eigenvalue weighted by Crippen LogP contribution is 2.29. The number of rotatable bonds is 6. The molecule has 0 bridgehead atoms. The molecule has 166 valence electrons. The predicted octanol–water partition coefficient (Wildman–Crippen LogP) is 0.372. The Labute approximate surface area is 176 Å². The van der Waals surface area contributed by atoms with Gasteiger partial charge in [0.15, 0.2) is 9.84 Å². The van der Waals surface area contributed by atoms with Gasteiger partial charge < -0.3 is 16.4 Å². The van der Waals surface area contributed by atoms with E-state index in [2.05, 4.69) is 25.7 Å². The second-order valence-electron chi connectivity index (χ2n) is 8.01. The minimum Gasteiger partial charge on any atom is -0.333 e. The SMILES string of the molecule is C/C=C\CC(=O)Nc1cn[nH]c1C(=O)NC1(N)CCC(N2CCS(=O)(=O)CC2)CC1. The van der Waals surface area contributed by atoms with Crippen LogP contribution in [0.3, 0.4) is 0 Å². The molecular formula is C19H30N6O4S. The van der Waals surface area contributed by atoms with Crippen molar-refractivity contribution >= 4 is 27.3 Å². The Balaban J connectivity index is 1.54. The zero-order chi connectivity index (χ0) is 21.8. The third kappa shape index (κ3) is 5.67. The van der Waals surface area contributed by atoms with Crippen molar-refractivity contribution < 1.29 is 18.0 Å². The van der Waals surface area contributed by atoms with Crippen LogP contribution in [0.1, 0.15) is 49.5 Å². The maximum Gasteiger partial charge on any atom is 0.272 e. The van der Waals surface area contributed by atoms with Crippen molar-refractivity contribution in [3.63, 3.8) is 0 Å². The molecule has 10 nitrogen and oxygen atoms in total. The number of carbonyl (C=O) groups is 2. The van der Waals surface area contributed by atoms with E-state index in [9.17, 15) is 18.0 Å². The van der Waals surface area contributed by atoms with Gasteiger partial charge in [0.2, 0.25) is 5.91 Å². The van der Waals surface area contributed by atoms with Crippen molar-refractivity contribution in [1.82, 2.24) is 20.4 Å². The van der Waals surface area contributed by atoms with Gasteiger partial charge in [-0.1, -0.05) is 12.2 Å². The number of allylic oxidation sites excluding steroid dienone is 1. The molecule has 5 N–H and O–H groups in total. The maximum atomic E-state index is 12.7. The first-order valence-corrected chi connectivity index (χ1v) is 12.0. The Hall–Kier alpha value is -2.24. The number of sulfone groups is 1. The molecule has 1 aromatic heterocycles. The molecule has 11 heteroatoms. The lowest BCUT2D eigenvalue weighted by atomic mass is 9.85. The summed E-state index contributed by atoms with van der Waals surface area (Å²) in [5.41, 5.74) is 6.06. The third-order valence-electron chi connectivity index (χ3n) is 5.78. The van der Waals surface area contributed by atoms with Crippen molar-refractivity contribution in [3.8, 4) is 0 Å². The van der Waals surface area contributed by atoms with E-state index < -0.39 is 21.4 Å². The summed E-state index contributed by atoms with van der Waals surface area (Å²) in [6, 6.07) is 0.280. The number of hydrogen-bond acceptors (Lipinski definition) is 7. The fourth-order valence-electron chi connectivity index (χ4n) is 3.97. The van der Waals surface area contributed by atoms with Crippen LogP contribution in [0.2, 0.25) is 0 Å². The molecule has 1 aliphatic carbocycles. The van der Waals surface area contributed by atoms with Crippen LogP contribution in [0.5, 0.6) is 0 Å². The van der Waals surface area contributed by atoms with Gasteiger partial charge in [-0.3, -0.25) is 19.6 Å². The van der Waals surface area contributed by atoms with Gasteiger partial charge in [-0.05, 0) is 32.6 Å². The van der Waals surface area contributed by atoms with Gasteiger partial charge in [-0.2, -0.15) is 5.10 Å². The summed E-state index contributed by atoms with van der Waals surface area (Å²) in [4.78, 5) is 26.9. The van der Waals surface area contributed by atoms with Gasteiger partial charge in [0.25, 0.3) is 5.91 Å². The second kappa shape index (κ2) is 9.27.